The minimum atomic E-state index is 0.0438. The third-order valence-corrected chi connectivity index (χ3v) is 3.63. The number of nitrogens with zero attached hydrogens (tertiary/aromatic N) is 2. The summed E-state index contributed by atoms with van der Waals surface area (Å²) in [5.74, 6) is 2.05. The molecule has 2 rings (SSSR count). The van der Waals surface area contributed by atoms with E-state index in [1.807, 2.05) is 19.1 Å². The highest BCUT2D eigenvalue weighted by molar-refractivity contribution is 7.98. The Labute approximate surface area is 111 Å². The zero-order valence-corrected chi connectivity index (χ0v) is 11.4. The predicted octanol–water partition coefficient (Wildman–Crippen LogP) is 2.56. The van der Waals surface area contributed by atoms with Crippen molar-refractivity contribution in [2.24, 2.45) is 5.73 Å². The molecule has 0 fully saturated rings. The van der Waals surface area contributed by atoms with Gasteiger partial charge < -0.3 is 10.3 Å². The van der Waals surface area contributed by atoms with Gasteiger partial charge in [-0.1, -0.05) is 23.4 Å². The molecule has 2 N–H and O–H groups in total. The van der Waals surface area contributed by atoms with Gasteiger partial charge in [-0.05, 0) is 25.5 Å². The first-order valence-corrected chi connectivity index (χ1v) is 6.89. The molecule has 1 aromatic carbocycles. The van der Waals surface area contributed by atoms with Gasteiger partial charge in [-0.2, -0.15) is 4.98 Å². The van der Waals surface area contributed by atoms with Crippen LogP contribution in [0.2, 0.25) is 0 Å². The molecular formula is C13H17N3OS. The molecule has 1 atom stereocenters. The van der Waals surface area contributed by atoms with Gasteiger partial charge >= 0.3 is 0 Å². The highest BCUT2D eigenvalue weighted by Gasteiger charge is 2.09. The number of hydrogen-bond donors (Lipinski definition) is 1. The highest BCUT2D eigenvalue weighted by Crippen LogP contribution is 2.24. The summed E-state index contributed by atoms with van der Waals surface area (Å²) in [7, 11) is 0. The van der Waals surface area contributed by atoms with Gasteiger partial charge in [0.1, 0.15) is 0 Å². The first-order valence-electron chi connectivity index (χ1n) is 5.90. The van der Waals surface area contributed by atoms with Gasteiger partial charge in [0.2, 0.25) is 5.89 Å². The molecule has 0 bridgehead atoms. The number of rotatable bonds is 5. The molecule has 0 aliphatic rings. The Kier molecular flexibility index (Phi) is 4.38. The van der Waals surface area contributed by atoms with E-state index >= 15 is 0 Å². The molecule has 0 radical (unpaired) electrons. The Morgan fingerprint density at radius 3 is 2.89 bits per heavy atom. The second kappa shape index (κ2) is 6.02. The summed E-state index contributed by atoms with van der Waals surface area (Å²) in [5.41, 5.74) is 6.95. The minimum Gasteiger partial charge on any atom is -0.339 e. The van der Waals surface area contributed by atoms with Gasteiger partial charge in [-0.3, -0.25) is 0 Å². The van der Waals surface area contributed by atoms with Crippen molar-refractivity contribution in [2.45, 2.75) is 37.0 Å². The second-order valence-electron chi connectivity index (χ2n) is 4.34. The van der Waals surface area contributed by atoms with Crippen LogP contribution in [0.25, 0.3) is 0 Å². The van der Waals surface area contributed by atoms with E-state index in [4.69, 9.17) is 10.3 Å². The smallest absolute Gasteiger partial charge is 0.228 e. The van der Waals surface area contributed by atoms with Crippen molar-refractivity contribution >= 4 is 11.8 Å². The van der Waals surface area contributed by atoms with Gasteiger partial charge in [0, 0.05) is 17.4 Å². The lowest BCUT2D eigenvalue weighted by Crippen LogP contribution is -2.17. The van der Waals surface area contributed by atoms with Crippen LogP contribution in [0.1, 0.15) is 24.2 Å². The molecule has 0 aliphatic heterocycles. The summed E-state index contributed by atoms with van der Waals surface area (Å²) in [6.45, 7) is 4.02. The number of hydrogen-bond acceptors (Lipinski definition) is 5. The average molecular weight is 263 g/mol. The minimum absolute atomic E-state index is 0.0438. The number of benzene rings is 1. The molecule has 1 unspecified atom stereocenters. The zero-order chi connectivity index (χ0) is 13.0. The highest BCUT2D eigenvalue weighted by atomic mass is 32.2. The van der Waals surface area contributed by atoms with Gasteiger partial charge in [0.25, 0.3) is 0 Å². The molecule has 1 aromatic heterocycles. The molecule has 0 saturated heterocycles. The number of aromatic nitrogens is 2. The molecular weight excluding hydrogens is 246 g/mol. The molecule has 18 heavy (non-hydrogen) atoms. The predicted molar refractivity (Wildman–Crippen MR) is 72.4 cm³/mol. The van der Waals surface area contributed by atoms with Crippen molar-refractivity contribution < 1.29 is 4.52 Å². The Morgan fingerprint density at radius 1 is 1.39 bits per heavy atom. The molecule has 0 spiro atoms. The van der Waals surface area contributed by atoms with Crippen LogP contribution in [-0.4, -0.2) is 16.2 Å². The molecule has 5 heteroatoms. The van der Waals surface area contributed by atoms with Crippen LogP contribution in [-0.2, 0) is 12.2 Å². The largest absolute Gasteiger partial charge is 0.339 e. The SMILES string of the molecule is Cc1ccccc1SCc1noc(CC(C)N)n1. The van der Waals surface area contributed by atoms with Crippen LogP contribution >= 0.6 is 11.8 Å². The first kappa shape index (κ1) is 13.1. The van der Waals surface area contributed by atoms with E-state index in [0.717, 1.165) is 5.82 Å². The molecule has 0 saturated carbocycles. The Balaban J connectivity index is 1.94. The van der Waals surface area contributed by atoms with Crippen molar-refractivity contribution in [2.75, 3.05) is 0 Å². The maximum absolute atomic E-state index is 5.69. The third-order valence-electron chi connectivity index (χ3n) is 2.46. The van der Waals surface area contributed by atoms with Crippen molar-refractivity contribution in [1.82, 2.24) is 10.1 Å². The molecule has 96 valence electrons. The van der Waals surface area contributed by atoms with Crippen LogP contribution in [0.3, 0.4) is 0 Å². The second-order valence-corrected chi connectivity index (χ2v) is 5.36. The fraction of sp³-hybridized carbons (Fsp3) is 0.385. The van der Waals surface area contributed by atoms with Crippen LogP contribution in [0.15, 0.2) is 33.7 Å². The van der Waals surface area contributed by atoms with Crippen molar-refractivity contribution in [3.05, 3.63) is 41.5 Å². The van der Waals surface area contributed by atoms with Gasteiger partial charge in [-0.15, -0.1) is 11.8 Å². The fourth-order valence-corrected chi connectivity index (χ4v) is 2.44. The van der Waals surface area contributed by atoms with E-state index in [-0.39, 0.29) is 6.04 Å². The topological polar surface area (TPSA) is 64.9 Å². The molecule has 4 nitrogen and oxygen atoms in total. The summed E-state index contributed by atoms with van der Waals surface area (Å²) in [6, 6.07) is 8.31. The van der Waals surface area contributed by atoms with Crippen LogP contribution in [0.5, 0.6) is 0 Å². The van der Waals surface area contributed by atoms with Crippen molar-refractivity contribution in [1.29, 1.82) is 0 Å². The van der Waals surface area contributed by atoms with Crippen LogP contribution in [0.4, 0.5) is 0 Å². The number of thioether (sulfide) groups is 1. The lowest BCUT2D eigenvalue weighted by Gasteiger charge is -2.02. The summed E-state index contributed by atoms with van der Waals surface area (Å²) >= 11 is 1.72. The maximum Gasteiger partial charge on any atom is 0.228 e. The maximum atomic E-state index is 5.69. The van der Waals surface area contributed by atoms with E-state index in [9.17, 15) is 0 Å². The van der Waals surface area contributed by atoms with Gasteiger partial charge in [0.15, 0.2) is 5.82 Å². The zero-order valence-electron chi connectivity index (χ0n) is 10.6. The van der Waals surface area contributed by atoms with Crippen molar-refractivity contribution in [3.8, 4) is 0 Å². The molecule has 1 heterocycles. The van der Waals surface area contributed by atoms with E-state index in [1.165, 1.54) is 10.5 Å². The normalized spacial score (nSPS) is 12.6. The van der Waals surface area contributed by atoms with Gasteiger partial charge in [-0.25, -0.2) is 0 Å². The quantitative estimate of drug-likeness (QED) is 0.840. The van der Waals surface area contributed by atoms with E-state index in [0.29, 0.717) is 18.1 Å². The standard InChI is InChI=1S/C13H17N3OS/c1-9-5-3-4-6-11(9)18-8-12-15-13(17-16-12)7-10(2)14/h3-6,10H,7-8,14H2,1-2H3. The molecule has 0 amide bonds. The van der Waals surface area contributed by atoms with Crippen molar-refractivity contribution in [3.63, 3.8) is 0 Å². The summed E-state index contributed by atoms with van der Waals surface area (Å²) in [5, 5.41) is 3.95. The Morgan fingerprint density at radius 2 is 2.17 bits per heavy atom. The van der Waals surface area contributed by atoms with Gasteiger partial charge in [0.05, 0.1) is 5.75 Å². The Bertz CT molecular complexity index is 510. The van der Waals surface area contributed by atoms with E-state index in [1.54, 1.807) is 11.8 Å². The van der Waals surface area contributed by atoms with Crippen LogP contribution < -0.4 is 5.73 Å². The third kappa shape index (κ3) is 3.58. The number of nitrogens with two attached hydrogens (primary N) is 1. The summed E-state index contributed by atoms with van der Waals surface area (Å²) in [6.07, 6.45) is 0.627. The molecule has 2 aromatic rings. The van der Waals surface area contributed by atoms with E-state index < -0.39 is 0 Å². The monoisotopic (exact) mass is 263 g/mol. The Hall–Kier alpha value is -1.33. The lowest BCUT2D eigenvalue weighted by molar-refractivity contribution is 0.368. The number of aryl methyl sites for hydroxylation is 1. The summed E-state index contributed by atoms with van der Waals surface area (Å²) < 4.78 is 5.14. The fourth-order valence-electron chi connectivity index (χ4n) is 1.57. The van der Waals surface area contributed by atoms with Crippen LogP contribution in [0, 0.1) is 6.92 Å². The average Bonchev–Trinajstić information content (AvgIpc) is 2.75. The summed E-state index contributed by atoms with van der Waals surface area (Å²) in [4.78, 5) is 5.56. The molecule has 0 aliphatic carbocycles. The van der Waals surface area contributed by atoms with E-state index in [2.05, 4.69) is 29.2 Å². The first-order chi connectivity index (χ1) is 8.65. The lowest BCUT2D eigenvalue weighted by atomic mass is 10.2.